The highest BCUT2D eigenvalue weighted by atomic mass is 79.9. The highest BCUT2D eigenvalue weighted by Gasteiger charge is 2.45. The number of aryl methyl sites for hydroxylation is 1. The van der Waals surface area contributed by atoms with Gasteiger partial charge >= 0.3 is 0 Å². The lowest BCUT2D eigenvalue weighted by Crippen LogP contribution is -2.37. The zero-order chi connectivity index (χ0) is 17.6. The van der Waals surface area contributed by atoms with Crippen LogP contribution in [0.1, 0.15) is 12.0 Å². The summed E-state index contributed by atoms with van der Waals surface area (Å²) >= 11 is 3.47. The first-order chi connectivity index (χ1) is 11.9. The highest BCUT2D eigenvalue weighted by molar-refractivity contribution is 9.10. The average Bonchev–Trinajstić information content (AvgIpc) is 3.17. The number of fused-ring (bicyclic) bond motifs is 1. The van der Waals surface area contributed by atoms with Crippen molar-refractivity contribution in [3.05, 3.63) is 58.6 Å². The van der Waals surface area contributed by atoms with E-state index < -0.39 is 10.0 Å². The Morgan fingerprint density at radius 2 is 1.68 bits per heavy atom. The van der Waals surface area contributed by atoms with E-state index in [1.54, 1.807) is 16.4 Å². The molecule has 25 heavy (non-hydrogen) atoms. The van der Waals surface area contributed by atoms with Crippen molar-refractivity contribution in [3.63, 3.8) is 0 Å². The standard InChI is InChI=1S/C19H21BrN2O2S/c1-14-2-8-18(9-3-14)25(23,24)21-12-15-10-11-22(19(15)13-21)17-6-4-16(20)5-7-17/h2-9,15,19H,10-13H2,1H3/t15-,19+/m0/s1. The molecule has 2 aromatic rings. The molecule has 0 saturated carbocycles. The maximum Gasteiger partial charge on any atom is 0.243 e. The fourth-order valence-corrected chi connectivity index (χ4v) is 5.71. The van der Waals surface area contributed by atoms with Gasteiger partial charge in [-0.1, -0.05) is 33.6 Å². The number of hydrogen-bond acceptors (Lipinski definition) is 3. The summed E-state index contributed by atoms with van der Waals surface area (Å²) in [5.41, 5.74) is 2.24. The van der Waals surface area contributed by atoms with Crippen molar-refractivity contribution in [2.45, 2.75) is 24.3 Å². The van der Waals surface area contributed by atoms with Crippen molar-refractivity contribution in [2.75, 3.05) is 24.5 Å². The zero-order valence-corrected chi connectivity index (χ0v) is 16.5. The van der Waals surface area contributed by atoms with E-state index in [0.29, 0.717) is 23.9 Å². The van der Waals surface area contributed by atoms with Crippen LogP contribution in [0.2, 0.25) is 0 Å². The lowest BCUT2D eigenvalue weighted by molar-refractivity contribution is 0.451. The number of anilines is 1. The van der Waals surface area contributed by atoms with Gasteiger partial charge in [-0.3, -0.25) is 0 Å². The highest BCUT2D eigenvalue weighted by Crippen LogP contribution is 2.37. The predicted molar refractivity (Wildman–Crippen MR) is 103 cm³/mol. The minimum absolute atomic E-state index is 0.265. The van der Waals surface area contributed by atoms with Crippen LogP contribution in [0.15, 0.2) is 57.9 Å². The van der Waals surface area contributed by atoms with Gasteiger partial charge in [-0.15, -0.1) is 0 Å². The quantitative estimate of drug-likeness (QED) is 0.760. The number of hydrogen-bond donors (Lipinski definition) is 0. The van der Waals surface area contributed by atoms with Crippen molar-refractivity contribution >= 4 is 31.6 Å². The average molecular weight is 421 g/mol. The third kappa shape index (κ3) is 3.11. The summed E-state index contributed by atoms with van der Waals surface area (Å²) in [7, 11) is -3.41. The van der Waals surface area contributed by atoms with Crippen LogP contribution in [0.3, 0.4) is 0 Å². The SMILES string of the molecule is Cc1ccc(S(=O)(=O)N2C[C@@H]3CCN(c4ccc(Br)cc4)[C@@H]3C2)cc1. The molecule has 2 aliphatic rings. The van der Waals surface area contributed by atoms with E-state index in [9.17, 15) is 8.42 Å². The van der Waals surface area contributed by atoms with E-state index >= 15 is 0 Å². The van der Waals surface area contributed by atoms with Gasteiger partial charge in [-0.2, -0.15) is 4.31 Å². The van der Waals surface area contributed by atoms with Crippen molar-refractivity contribution in [1.82, 2.24) is 4.31 Å². The summed E-state index contributed by atoms with van der Waals surface area (Å²) in [5, 5.41) is 0. The molecule has 2 atom stereocenters. The van der Waals surface area contributed by atoms with Crippen molar-refractivity contribution < 1.29 is 8.42 Å². The van der Waals surface area contributed by atoms with Crippen molar-refractivity contribution in [2.24, 2.45) is 5.92 Å². The second-order valence-corrected chi connectivity index (χ2v) is 9.77. The summed E-state index contributed by atoms with van der Waals surface area (Å²) in [4.78, 5) is 2.76. The largest absolute Gasteiger partial charge is 0.367 e. The van der Waals surface area contributed by atoms with Crippen LogP contribution in [0, 0.1) is 12.8 Å². The van der Waals surface area contributed by atoms with Gasteiger partial charge in [0.05, 0.1) is 4.90 Å². The normalized spacial score (nSPS) is 23.8. The number of benzene rings is 2. The topological polar surface area (TPSA) is 40.6 Å². The second kappa shape index (κ2) is 6.41. The Balaban J connectivity index is 1.56. The van der Waals surface area contributed by atoms with E-state index in [2.05, 4.69) is 33.0 Å². The molecule has 2 aliphatic heterocycles. The summed E-state index contributed by atoms with van der Waals surface area (Å²) in [6, 6.07) is 15.7. The third-order valence-electron chi connectivity index (χ3n) is 5.33. The molecule has 2 heterocycles. The summed E-state index contributed by atoms with van der Waals surface area (Å²) in [6.07, 6.45) is 1.04. The Labute approximate surface area is 157 Å². The smallest absolute Gasteiger partial charge is 0.243 e. The van der Waals surface area contributed by atoms with Gasteiger partial charge in [-0.05, 0) is 55.7 Å². The molecule has 0 unspecified atom stereocenters. The van der Waals surface area contributed by atoms with E-state index in [4.69, 9.17) is 0 Å². The fourth-order valence-electron chi connectivity index (χ4n) is 3.93. The maximum atomic E-state index is 13.0. The van der Waals surface area contributed by atoms with Gasteiger partial charge < -0.3 is 4.90 Å². The Kier molecular flexibility index (Phi) is 4.38. The third-order valence-corrected chi connectivity index (χ3v) is 7.71. The van der Waals surface area contributed by atoms with Gasteiger partial charge in [0.1, 0.15) is 0 Å². The van der Waals surface area contributed by atoms with Gasteiger partial charge in [0.25, 0.3) is 0 Å². The monoisotopic (exact) mass is 420 g/mol. The molecule has 2 fully saturated rings. The lowest BCUT2D eigenvalue weighted by atomic mass is 10.1. The summed E-state index contributed by atoms with van der Waals surface area (Å²) in [5.74, 6) is 0.406. The molecular formula is C19H21BrN2O2S. The van der Waals surface area contributed by atoms with Gasteiger partial charge in [0.15, 0.2) is 0 Å². The fraction of sp³-hybridized carbons (Fsp3) is 0.368. The zero-order valence-electron chi connectivity index (χ0n) is 14.1. The van der Waals surface area contributed by atoms with E-state index in [1.807, 2.05) is 31.2 Å². The molecule has 0 aliphatic carbocycles. The summed E-state index contributed by atoms with van der Waals surface area (Å²) < 4.78 is 28.7. The molecule has 6 heteroatoms. The van der Waals surface area contributed by atoms with Crippen molar-refractivity contribution in [1.29, 1.82) is 0 Å². The molecule has 2 aromatic carbocycles. The molecule has 0 spiro atoms. The first-order valence-electron chi connectivity index (χ1n) is 8.54. The van der Waals surface area contributed by atoms with Crippen LogP contribution in [0.25, 0.3) is 0 Å². The van der Waals surface area contributed by atoms with Crippen molar-refractivity contribution in [3.8, 4) is 0 Å². The molecular weight excluding hydrogens is 400 g/mol. The van der Waals surface area contributed by atoms with Crippen LogP contribution in [0.5, 0.6) is 0 Å². The summed E-state index contributed by atoms with van der Waals surface area (Å²) in [6.45, 7) is 4.15. The van der Waals surface area contributed by atoms with E-state index in [0.717, 1.165) is 23.0 Å². The minimum atomic E-state index is -3.41. The molecule has 0 bridgehead atoms. The van der Waals surface area contributed by atoms with E-state index in [1.165, 1.54) is 5.69 Å². The first kappa shape index (κ1) is 17.1. The Morgan fingerprint density at radius 3 is 2.36 bits per heavy atom. The molecule has 0 N–H and O–H groups in total. The minimum Gasteiger partial charge on any atom is -0.367 e. The maximum absolute atomic E-state index is 13.0. The van der Waals surface area contributed by atoms with Crippen LogP contribution >= 0.6 is 15.9 Å². The molecule has 0 radical (unpaired) electrons. The Bertz CT molecular complexity index is 865. The molecule has 2 saturated heterocycles. The molecule has 132 valence electrons. The number of nitrogens with zero attached hydrogens (tertiary/aromatic N) is 2. The number of sulfonamides is 1. The van der Waals surface area contributed by atoms with Gasteiger partial charge in [-0.25, -0.2) is 8.42 Å². The first-order valence-corrected chi connectivity index (χ1v) is 10.8. The molecule has 0 aromatic heterocycles. The van der Waals surface area contributed by atoms with Crippen LogP contribution in [-0.2, 0) is 10.0 Å². The second-order valence-electron chi connectivity index (χ2n) is 6.92. The number of rotatable bonds is 3. The Hall–Kier alpha value is -1.37. The molecule has 4 nitrogen and oxygen atoms in total. The molecule has 4 rings (SSSR count). The van der Waals surface area contributed by atoms with E-state index in [-0.39, 0.29) is 6.04 Å². The Morgan fingerprint density at radius 1 is 1.00 bits per heavy atom. The van der Waals surface area contributed by atoms with Gasteiger partial charge in [0.2, 0.25) is 10.0 Å². The van der Waals surface area contributed by atoms with Gasteiger partial charge in [0, 0.05) is 35.8 Å². The van der Waals surface area contributed by atoms with Crippen LogP contribution < -0.4 is 4.90 Å². The number of halogens is 1. The predicted octanol–water partition coefficient (Wildman–Crippen LogP) is 3.66. The lowest BCUT2D eigenvalue weighted by Gasteiger charge is -2.27. The molecule has 0 amide bonds. The van der Waals surface area contributed by atoms with Crippen LogP contribution in [-0.4, -0.2) is 38.4 Å². The van der Waals surface area contributed by atoms with Crippen LogP contribution in [0.4, 0.5) is 5.69 Å².